The van der Waals surface area contributed by atoms with Crippen molar-refractivity contribution in [3.63, 3.8) is 0 Å². The summed E-state index contributed by atoms with van der Waals surface area (Å²) in [6.45, 7) is 0.695. The highest BCUT2D eigenvalue weighted by Gasteiger charge is 2.43. The van der Waals surface area contributed by atoms with E-state index in [1.165, 1.54) is 11.5 Å². The highest BCUT2D eigenvalue weighted by atomic mass is 32.1. The van der Waals surface area contributed by atoms with Crippen LogP contribution in [0.3, 0.4) is 0 Å². The highest BCUT2D eigenvalue weighted by Crippen LogP contribution is 2.39. The molecule has 1 aromatic heterocycles. The third kappa shape index (κ3) is 2.75. The van der Waals surface area contributed by atoms with E-state index in [0.29, 0.717) is 24.3 Å². The molecule has 2 N–H and O–H groups in total. The van der Waals surface area contributed by atoms with Gasteiger partial charge in [0.05, 0.1) is 19.3 Å². The van der Waals surface area contributed by atoms with Crippen LogP contribution in [0.5, 0.6) is 0 Å². The minimum absolute atomic E-state index is 0.203. The number of nitrogens with one attached hydrogen (secondary N) is 1. The second kappa shape index (κ2) is 5.19. The van der Waals surface area contributed by atoms with Gasteiger partial charge in [-0.2, -0.15) is 4.37 Å². The Balaban J connectivity index is 1.45. The largest absolute Gasteiger partial charge is 0.388 e. The number of aliphatic hydroxyl groups is 1. The molecule has 0 unspecified atom stereocenters. The number of aliphatic hydroxyl groups excluding tert-OH is 1. The Morgan fingerprint density at radius 2 is 2.14 bits per heavy atom. The maximum atomic E-state index is 12.5. The van der Waals surface area contributed by atoms with E-state index in [2.05, 4.69) is 14.7 Å². The number of ether oxygens (including phenoxy) is 1. The Labute approximate surface area is 126 Å². The number of anilines is 1. The molecule has 0 aromatic carbocycles. The van der Waals surface area contributed by atoms with Gasteiger partial charge in [-0.25, -0.2) is 9.78 Å². The van der Waals surface area contributed by atoms with E-state index in [-0.39, 0.29) is 18.1 Å². The van der Waals surface area contributed by atoms with Crippen LogP contribution in [0.4, 0.5) is 9.93 Å². The predicted molar refractivity (Wildman–Crippen MR) is 76.4 cm³/mol. The highest BCUT2D eigenvalue weighted by molar-refractivity contribution is 7.09. The smallest absolute Gasteiger partial charge is 0.324 e. The van der Waals surface area contributed by atoms with Crippen molar-refractivity contribution in [3.8, 4) is 0 Å². The molecular formula is C13H18N4O3S. The van der Waals surface area contributed by atoms with Crippen LogP contribution >= 0.6 is 11.5 Å². The first kappa shape index (κ1) is 13.4. The second-order valence-electron chi connectivity index (χ2n) is 5.97. The lowest BCUT2D eigenvalue weighted by atomic mass is 10.2. The zero-order valence-corrected chi connectivity index (χ0v) is 12.4. The van der Waals surface area contributed by atoms with Crippen LogP contribution in [0.1, 0.15) is 37.4 Å². The van der Waals surface area contributed by atoms with Gasteiger partial charge in [-0.05, 0) is 25.7 Å². The van der Waals surface area contributed by atoms with Crippen molar-refractivity contribution in [2.45, 2.75) is 49.8 Å². The molecule has 0 bridgehead atoms. The summed E-state index contributed by atoms with van der Waals surface area (Å²) in [5.41, 5.74) is 0. The van der Waals surface area contributed by atoms with Crippen molar-refractivity contribution in [1.82, 2.24) is 14.3 Å². The molecule has 21 heavy (non-hydrogen) atoms. The maximum absolute atomic E-state index is 12.5. The van der Waals surface area contributed by atoms with Crippen molar-refractivity contribution in [1.29, 1.82) is 0 Å². The summed E-state index contributed by atoms with van der Waals surface area (Å²) in [6, 6.07) is -0.249. The van der Waals surface area contributed by atoms with E-state index >= 15 is 0 Å². The Hall–Kier alpha value is -1.25. The Morgan fingerprint density at radius 3 is 2.76 bits per heavy atom. The minimum Gasteiger partial charge on any atom is -0.388 e. The number of carbonyl (C=O) groups excluding carboxylic acids is 1. The number of amides is 2. The first-order chi connectivity index (χ1) is 10.2. The summed E-state index contributed by atoms with van der Waals surface area (Å²) in [4.78, 5) is 18.6. The Morgan fingerprint density at radius 1 is 1.33 bits per heavy atom. The summed E-state index contributed by atoms with van der Waals surface area (Å²) in [6.07, 6.45) is 3.65. The number of urea groups is 1. The summed E-state index contributed by atoms with van der Waals surface area (Å²) in [5, 5.41) is 13.3. The van der Waals surface area contributed by atoms with Crippen LogP contribution in [0, 0.1) is 0 Å². The minimum atomic E-state index is -0.604. The fraction of sp³-hybridized carbons (Fsp3) is 0.769. The SMILES string of the molecule is O=C(Nc1nc(C2CC2)ns1)N(C1CC1)[C@@H]1COC[C@H]1O. The van der Waals surface area contributed by atoms with Crippen molar-refractivity contribution in [3.05, 3.63) is 5.82 Å². The molecule has 1 aromatic rings. The summed E-state index contributed by atoms with van der Waals surface area (Å²) in [7, 11) is 0. The molecule has 2 saturated carbocycles. The molecule has 2 aliphatic carbocycles. The van der Waals surface area contributed by atoms with E-state index in [0.717, 1.165) is 31.5 Å². The molecule has 3 aliphatic rings. The molecule has 0 radical (unpaired) electrons. The van der Waals surface area contributed by atoms with Gasteiger partial charge in [0.25, 0.3) is 0 Å². The molecule has 4 rings (SSSR count). The standard InChI is InChI=1S/C13H18N4O3S/c18-10-6-20-5-9(10)17(8-3-4-8)13(19)15-12-14-11(16-21-12)7-1-2-7/h7-10,18H,1-6H2,(H,14,15,16,19)/t9-,10-/m1/s1. The zero-order chi connectivity index (χ0) is 14.4. The Bertz CT molecular complexity index is 543. The molecule has 1 aliphatic heterocycles. The fourth-order valence-corrected chi connectivity index (χ4v) is 3.32. The quantitative estimate of drug-likeness (QED) is 0.871. The lowest BCUT2D eigenvalue weighted by Crippen LogP contribution is -2.49. The normalized spacial score (nSPS) is 28.6. The molecule has 0 spiro atoms. The monoisotopic (exact) mass is 310 g/mol. The van der Waals surface area contributed by atoms with Crippen LogP contribution in [-0.4, -0.2) is 56.8 Å². The van der Waals surface area contributed by atoms with E-state index in [9.17, 15) is 9.90 Å². The molecule has 2 atom stereocenters. The Kier molecular flexibility index (Phi) is 3.31. The molecule has 8 heteroatoms. The van der Waals surface area contributed by atoms with E-state index in [1.807, 2.05) is 0 Å². The van der Waals surface area contributed by atoms with Crippen molar-refractivity contribution >= 4 is 22.7 Å². The van der Waals surface area contributed by atoms with E-state index < -0.39 is 6.10 Å². The third-order valence-corrected chi connectivity index (χ3v) is 4.80. The molecular weight excluding hydrogens is 292 g/mol. The van der Waals surface area contributed by atoms with Gasteiger partial charge in [0, 0.05) is 23.5 Å². The number of hydrogen-bond donors (Lipinski definition) is 2. The molecule has 2 heterocycles. The number of hydrogen-bond acceptors (Lipinski definition) is 6. The third-order valence-electron chi connectivity index (χ3n) is 4.15. The van der Waals surface area contributed by atoms with Gasteiger partial charge in [-0.1, -0.05) is 0 Å². The van der Waals surface area contributed by atoms with Gasteiger partial charge in [-0.15, -0.1) is 0 Å². The summed E-state index contributed by atoms with van der Waals surface area (Å²) >= 11 is 1.23. The van der Waals surface area contributed by atoms with Crippen LogP contribution in [0.2, 0.25) is 0 Å². The number of aromatic nitrogens is 2. The van der Waals surface area contributed by atoms with Gasteiger partial charge in [0.15, 0.2) is 0 Å². The topological polar surface area (TPSA) is 87.6 Å². The number of rotatable bonds is 4. The van der Waals surface area contributed by atoms with Crippen molar-refractivity contribution in [2.75, 3.05) is 18.5 Å². The average molecular weight is 310 g/mol. The van der Waals surface area contributed by atoms with Crippen LogP contribution in [-0.2, 0) is 4.74 Å². The number of nitrogens with zero attached hydrogens (tertiary/aromatic N) is 3. The zero-order valence-electron chi connectivity index (χ0n) is 11.6. The molecule has 114 valence electrons. The van der Waals surface area contributed by atoms with Gasteiger partial charge in [-0.3, -0.25) is 5.32 Å². The van der Waals surface area contributed by atoms with E-state index in [4.69, 9.17) is 4.74 Å². The maximum Gasteiger partial charge on any atom is 0.324 e. The van der Waals surface area contributed by atoms with E-state index in [1.54, 1.807) is 4.90 Å². The average Bonchev–Trinajstić information content (AvgIpc) is 3.37. The summed E-state index contributed by atoms with van der Waals surface area (Å²) < 4.78 is 9.56. The fourth-order valence-electron chi connectivity index (χ4n) is 2.69. The molecule has 1 saturated heterocycles. The van der Waals surface area contributed by atoms with Gasteiger partial charge >= 0.3 is 6.03 Å². The predicted octanol–water partition coefficient (Wildman–Crippen LogP) is 1.17. The summed E-state index contributed by atoms with van der Waals surface area (Å²) in [5.74, 6) is 1.33. The molecule has 2 amide bonds. The van der Waals surface area contributed by atoms with Crippen LogP contribution in [0.15, 0.2) is 0 Å². The molecule has 3 fully saturated rings. The van der Waals surface area contributed by atoms with Gasteiger partial charge < -0.3 is 14.7 Å². The first-order valence-electron chi connectivity index (χ1n) is 7.41. The molecule has 7 nitrogen and oxygen atoms in total. The lowest BCUT2D eigenvalue weighted by molar-refractivity contribution is 0.0953. The van der Waals surface area contributed by atoms with Gasteiger partial charge in [0.2, 0.25) is 5.13 Å². The van der Waals surface area contributed by atoms with Crippen LogP contribution in [0.25, 0.3) is 0 Å². The van der Waals surface area contributed by atoms with Crippen molar-refractivity contribution < 1.29 is 14.6 Å². The lowest BCUT2D eigenvalue weighted by Gasteiger charge is -2.29. The van der Waals surface area contributed by atoms with Crippen molar-refractivity contribution in [2.24, 2.45) is 0 Å². The van der Waals surface area contributed by atoms with Crippen LogP contribution < -0.4 is 5.32 Å². The number of carbonyl (C=O) groups is 1. The first-order valence-corrected chi connectivity index (χ1v) is 8.18. The second-order valence-corrected chi connectivity index (χ2v) is 6.72. The van der Waals surface area contributed by atoms with Gasteiger partial charge in [0.1, 0.15) is 11.9 Å².